The molecular formula is C9H12O6. The van der Waals surface area contributed by atoms with Crippen LogP contribution in [-0.2, 0) is 28.6 Å². The second kappa shape index (κ2) is 6.58. The number of ether oxygens (including phenoxy) is 3. The van der Waals surface area contributed by atoms with Crippen LogP contribution in [0.3, 0.4) is 0 Å². The van der Waals surface area contributed by atoms with Gasteiger partial charge in [0.2, 0.25) is 0 Å². The van der Waals surface area contributed by atoms with Crippen LogP contribution in [0.15, 0.2) is 11.6 Å². The molecule has 0 N–H and O–H groups in total. The van der Waals surface area contributed by atoms with E-state index in [1.165, 1.54) is 14.0 Å². The summed E-state index contributed by atoms with van der Waals surface area (Å²) in [6, 6.07) is 0. The third kappa shape index (κ3) is 5.45. The van der Waals surface area contributed by atoms with Gasteiger partial charge in [0.05, 0.1) is 19.8 Å². The van der Waals surface area contributed by atoms with E-state index in [4.69, 9.17) is 0 Å². The van der Waals surface area contributed by atoms with Crippen LogP contribution in [0.1, 0.15) is 6.92 Å². The van der Waals surface area contributed by atoms with Crippen molar-refractivity contribution >= 4 is 17.9 Å². The van der Waals surface area contributed by atoms with Crippen LogP contribution in [-0.4, -0.2) is 38.7 Å². The van der Waals surface area contributed by atoms with E-state index in [0.29, 0.717) is 0 Å². The summed E-state index contributed by atoms with van der Waals surface area (Å²) in [6.07, 6.45) is 0.911. The molecule has 0 aliphatic heterocycles. The van der Waals surface area contributed by atoms with Crippen LogP contribution in [0.4, 0.5) is 0 Å². The van der Waals surface area contributed by atoms with Gasteiger partial charge >= 0.3 is 17.9 Å². The Morgan fingerprint density at radius 2 is 1.73 bits per heavy atom. The lowest BCUT2D eigenvalue weighted by atomic mass is 10.2. The number of hydrogen-bond donors (Lipinski definition) is 0. The first-order valence-corrected chi connectivity index (χ1v) is 4.01. The molecule has 0 aliphatic carbocycles. The van der Waals surface area contributed by atoms with Crippen molar-refractivity contribution in [1.29, 1.82) is 0 Å². The van der Waals surface area contributed by atoms with Gasteiger partial charge in [0.25, 0.3) is 0 Å². The van der Waals surface area contributed by atoms with E-state index in [2.05, 4.69) is 14.2 Å². The van der Waals surface area contributed by atoms with Crippen LogP contribution < -0.4 is 0 Å². The molecule has 0 aliphatic rings. The zero-order valence-electron chi connectivity index (χ0n) is 8.73. The monoisotopic (exact) mass is 216 g/mol. The summed E-state index contributed by atoms with van der Waals surface area (Å²) in [4.78, 5) is 32.4. The van der Waals surface area contributed by atoms with Crippen molar-refractivity contribution < 1.29 is 28.6 Å². The standard InChI is InChI=1S/C9H12O6/c1-6(10)15-5-7(9(12)14-3)4-8(11)13-2/h4H,5H2,1-3H3/b7-4+. The normalized spacial score (nSPS) is 10.5. The predicted molar refractivity (Wildman–Crippen MR) is 48.7 cm³/mol. The van der Waals surface area contributed by atoms with E-state index in [1.807, 2.05) is 0 Å². The molecule has 0 aromatic rings. The fourth-order valence-electron chi connectivity index (χ4n) is 0.671. The van der Waals surface area contributed by atoms with Crippen molar-refractivity contribution in [3.8, 4) is 0 Å². The zero-order valence-corrected chi connectivity index (χ0v) is 8.73. The third-order valence-corrected chi connectivity index (χ3v) is 1.37. The Balaban J connectivity index is 4.58. The molecule has 0 heterocycles. The summed E-state index contributed by atoms with van der Waals surface area (Å²) >= 11 is 0. The fraction of sp³-hybridized carbons (Fsp3) is 0.444. The molecule has 0 aromatic carbocycles. The molecule has 0 radical (unpaired) electrons. The molecule has 0 saturated carbocycles. The predicted octanol–water partition coefficient (Wildman–Crippen LogP) is -0.178. The van der Waals surface area contributed by atoms with Crippen molar-refractivity contribution in [3.63, 3.8) is 0 Å². The molecule has 6 nitrogen and oxygen atoms in total. The van der Waals surface area contributed by atoms with Crippen molar-refractivity contribution in [2.24, 2.45) is 0 Å². The minimum Gasteiger partial charge on any atom is -0.466 e. The molecule has 0 amide bonds. The first-order chi connectivity index (χ1) is 7.01. The van der Waals surface area contributed by atoms with E-state index in [1.54, 1.807) is 0 Å². The average Bonchev–Trinajstić information content (AvgIpc) is 2.22. The van der Waals surface area contributed by atoms with Crippen LogP contribution in [0.2, 0.25) is 0 Å². The highest BCUT2D eigenvalue weighted by Gasteiger charge is 2.13. The lowest BCUT2D eigenvalue weighted by molar-refractivity contribution is -0.143. The number of esters is 3. The van der Waals surface area contributed by atoms with Gasteiger partial charge in [0, 0.05) is 13.0 Å². The Labute approximate surface area is 86.8 Å². The number of methoxy groups -OCH3 is 2. The SMILES string of the molecule is COC(=O)/C=C(\COC(C)=O)C(=O)OC. The Morgan fingerprint density at radius 1 is 1.13 bits per heavy atom. The summed E-state index contributed by atoms with van der Waals surface area (Å²) in [5.41, 5.74) is -0.0837. The number of carbonyl (C=O) groups is 3. The molecule has 15 heavy (non-hydrogen) atoms. The smallest absolute Gasteiger partial charge is 0.337 e. The van der Waals surface area contributed by atoms with E-state index in [9.17, 15) is 14.4 Å². The van der Waals surface area contributed by atoms with Gasteiger partial charge in [-0.3, -0.25) is 4.79 Å². The minimum atomic E-state index is -0.748. The quantitative estimate of drug-likeness (QED) is 0.368. The summed E-state index contributed by atoms with van der Waals surface area (Å²) in [5, 5.41) is 0. The minimum absolute atomic E-state index is 0.0837. The van der Waals surface area contributed by atoms with Gasteiger partial charge in [-0.15, -0.1) is 0 Å². The van der Waals surface area contributed by atoms with Crippen molar-refractivity contribution in [3.05, 3.63) is 11.6 Å². The Bertz CT molecular complexity index is 291. The fourth-order valence-corrected chi connectivity index (χ4v) is 0.671. The highest BCUT2D eigenvalue weighted by atomic mass is 16.5. The van der Waals surface area contributed by atoms with Crippen LogP contribution in [0, 0.1) is 0 Å². The number of hydrogen-bond acceptors (Lipinski definition) is 6. The summed E-state index contributed by atoms with van der Waals surface area (Å²) in [6.45, 7) is 0.865. The average molecular weight is 216 g/mol. The Morgan fingerprint density at radius 3 is 2.13 bits per heavy atom. The molecule has 0 unspecified atom stereocenters. The van der Waals surface area contributed by atoms with Crippen LogP contribution >= 0.6 is 0 Å². The van der Waals surface area contributed by atoms with Gasteiger partial charge in [0.1, 0.15) is 6.61 Å². The van der Waals surface area contributed by atoms with Crippen molar-refractivity contribution in [1.82, 2.24) is 0 Å². The third-order valence-electron chi connectivity index (χ3n) is 1.37. The maximum atomic E-state index is 11.1. The second-order valence-corrected chi connectivity index (χ2v) is 2.46. The Hall–Kier alpha value is -1.85. The van der Waals surface area contributed by atoms with E-state index < -0.39 is 17.9 Å². The molecule has 0 rings (SSSR count). The van der Waals surface area contributed by atoms with Crippen molar-refractivity contribution in [2.75, 3.05) is 20.8 Å². The van der Waals surface area contributed by atoms with Gasteiger partial charge < -0.3 is 14.2 Å². The maximum absolute atomic E-state index is 11.1. The molecule has 0 saturated heterocycles. The highest BCUT2D eigenvalue weighted by molar-refractivity contribution is 5.96. The van der Waals surface area contributed by atoms with Gasteiger partial charge in [-0.2, -0.15) is 0 Å². The van der Waals surface area contributed by atoms with E-state index in [0.717, 1.165) is 13.2 Å². The van der Waals surface area contributed by atoms with Gasteiger partial charge in [-0.25, -0.2) is 9.59 Å². The summed E-state index contributed by atoms with van der Waals surface area (Å²) < 4.78 is 13.3. The van der Waals surface area contributed by atoms with Crippen LogP contribution in [0.25, 0.3) is 0 Å². The number of rotatable bonds is 4. The van der Waals surface area contributed by atoms with Gasteiger partial charge in [-0.1, -0.05) is 0 Å². The molecule has 0 spiro atoms. The molecular weight excluding hydrogens is 204 g/mol. The zero-order chi connectivity index (χ0) is 11.8. The molecule has 84 valence electrons. The molecule has 6 heteroatoms. The van der Waals surface area contributed by atoms with Gasteiger partial charge in [-0.05, 0) is 0 Å². The van der Waals surface area contributed by atoms with Crippen molar-refractivity contribution in [2.45, 2.75) is 6.92 Å². The first-order valence-electron chi connectivity index (χ1n) is 4.01. The van der Waals surface area contributed by atoms with E-state index in [-0.39, 0.29) is 12.2 Å². The first kappa shape index (κ1) is 13.2. The Kier molecular flexibility index (Phi) is 5.77. The highest BCUT2D eigenvalue weighted by Crippen LogP contribution is 2.00. The molecule has 0 bridgehead atoms. The molecule has 0 fully saturated rings. The second-order valence-electron chi connectivity index (χ2n) is 2.46. The maximum Gasteiger partial charge on any atom is 0.337 e. The van der Waals surface area contributed by atoms with Gasteiger partial charge in [0.15, 0.2) is 0 Å². The summed E-state index contributed by atoms with van der Waals surface area (Å²) in [5.74, 6) is -2.03. The lowest BCUT2D eigenvalue weighted by Gasteiger charge is -2.04. The summed E-state index contributed by atoms with van der Waals surface area (Å²) in [7, 11) is 2.32. The lowest BCUT2D eigenvalue weighted by Crippen LogP contribution is -2.14. The molecule has 0 atom stereocenters. The largest absolute Gasteiger partial charge is 0.466 e. The topological polar surface area (TPSA) is 78.9 Å². The van der Waals surface area contributed by atoms with E-state index >= 15 is 0 Å². The van der Waals surface area contributed by atoms with Crippen LogP contribution in [0.5, 0.6) is 0 Å². The molecule has 0 aromatic heterocycles. The number of carbonyl (C=O) groups excluding carboxylic acids is 3.